The maximum absolute atomic E-state index is 13.7. The van der Waals surface area contributed by atoms with Crippen molar-refractivity contribution >= 4 is 35.0 Å². The number of anilines is 1. The number of thioether (sulfide) groups is 1. The van der Waals surface area contributed by atoms with E-state index >= 15 is 0 Å². The van der Waals surface area contributed by atoms with Crippen LogP contribution in [0, 0.1) is 12.7 Å². The second-order valence-corrected chi connectivity index (χ2v) is 7.78. The van der Waals surface area contributed by atoms with Crippen LogP contribution in [0.15, 0.2) is 70.4 Å². The van der Waals surface area contributed by atoms with Gasteiger partial charge in [-0.15, -0.1) is 10.2 Å². The Morgan fingerprint density at radius 3 is 2.70 bits per heavy atom. The molecule has 0 aliphatic rings. The number of furan rings is 1. The van der Waals surface area contributed by atoms with Crippen LogP contribution in [0.1, 0.15) is 5.56 Å². The number of hydrogen-bond donors (Lipinski definition) is 1. The van der Waals surface area contributed by atoms with E-state index in [1.165, 1.54) is 17.8 Å². The van der Waals surface area contributed by atoms with Crippen molar-refractivity contribution < 1.29 is 13.6 Å². The van der Waals surface area contributed by atoms with E-state index in [1.807, 2.05) is 12.1 Å². The Morgan fingerprint density at radius 2 is 2.00 bits per heavy atom. The summed E-state index contributed by atoms with van der Waals surface area (Å²) >= 11 is 7.22. The predicted octanol–water partition coefficient (Wildman–Crippen LogP) is 5.36. The Kier molecular flexibility index (Phi) is 5.87. The molecule has 0 saturated carbocycles. The van der Waals surface area contributed by atoms with Gasteiger partial charge in [-0.1, -0.05) is 29.4 Å². The lowest BCUT2D eigenvalue weighted by atomic mass is 10.2. The number of aromatic nitrogens is 3. The highest BCUT2D eigenvalue weighted by Crippen LogP contribution is 2.29. The SMILES string of the molecule is Cc1ccc(NC(=O)CSc2nnc(-c3ccco3)n2-c2ccc(Cl)cc2)cc1F. The lowest BCUT2D eigenvalue weighted by molar-refractivity contribution is -0.113. The van der Waals surface area contributed by atoms with Crippen LogP contribution in [-0.4, -0.2) is 26.4 Å². The summed E-state index contributed by atoms with van der Waals surface area (Å²) < 4.78 is 21.0. The Labute approximate surface area is 181 Å². The monoisotopic (exact) mass is 442 g/mol. The van der Waals surface area contributed by atoms with Crippen LogP contribution in [0.2, 0.25) is 5.02 Å². The molecule has 0 spiro atoms. The van der Waals surface area contributed by atoms with Crippen molar-refractivity contribution in [2.24, 2.45) is 0 Å². The van der Waals surface area contributed by atoms with E-state index in [-0.39, 0.29) is 17.5 Å². The van der Waals surface area contributed by atoms with Gasteiger partial charge in [-0.3, -0.25) is 9.36 Å². The average Bonchev–Trinajstić information content (AvgIpc) is 3.39. The number of aryl methyl sites for hydroxylation is 1. The second-order valence-electron chi connectivity index (χ2n) is 6.40. The fourth-order valence-corrected chi connectivity index (χ4v) is 3.63. The number of amides is 1. The molecule has 0 fully saturated rings. The molecule has 152 valence electrons. The molecule has 2 aromatic heterocycles. The van der Waals surface area contributed by atoms with Gasteiger partial charge in [0.1, 0.15) is 5.82 Å². The molecule has 4 rings (SSSR count). The second kappa shape index (κ2) is 8.73. The molecule has 0 saturated heterocycles. The molecule has 30 heavy (non-hydrogen) atoms. The van der Waals surface area contributed by atoms with Crippen molar-refractivity contribution in [3.8, 4) is 17.3 Å². The summed E-state index contributed by atoms with van der Waals surface area (Å²) in [7, 11) is 0. The third-order valence-electron chi connectivity index (χ3n) is 4.25. The van der Waals surface area contributed by atoms with Gasteiger partial charge in [0.15, 0.2) is 10.9 Å². The van der Waals surface area contributed by atoms with Crippen LogP contribution >= 0.6 is 23.4 Å². The summed E-state index contributed by atoms with van der Waals surface area (Å²) in [6.45, 7) is 1.66. The molecule has 0 aliphatic carbocycles. The first-order chi connectivity index (χ1) is 14.5. The highest BCUT2D eigenvalue weighted by atomic mass is 35.5. The molecule has 0 radical (unpaired) electrons. The van der Waals surface area contributed by atoms with Crippen LogP contribution < -0.4 is 5.32 Å². The predicted molar refractivity (Wildman–Crippen MR) is 115 cm³/mol. The first-order valence-electron chi connectivity index (χ1n) is 8.95. The topological polar surface area (TPSA) is 73.0 Å². The molecule has 2 heterocycles. The first-order valence-corrected chi connectivity index (χ1v) is 10.3. The molecule has 6 nitrogen and oxygen atoms in total. The summed E-state index contributed by atoms with van der Waals surface area (Å²) in [6, 6.07) is 15.3. The van der Waals surface area contributed by atoms with Gasteiger partial charge in [0.2, 0.25) is 11.7 Å². The first kappa shape index (κ1) is 20.2. The van der Waals surface area contributed by atoms with Crippen LogP contribution in [0.25, 0.3) is 17.3 Å². The normalized spacial score (nSPS) is 10.9. The van der Waals surface area contributed by atoms with E-state index in [0.29, 0.717) is 33.0 Å². The molecule has 0 unspecified atom stereocenters. The molecule has 0 aliphatic heterocycles. The summed E-state index contributed by atoms with van der Waals surface area (Å²) in [4.78, 5) is 12.4. The van der Waals surface area contributed by atoms with Crippen LogP contribution in [-0.2, 0) is 4.79 Å². The largest absolute Gasteiger partial charge is 0.461 e. The zero-order valence-corrected chi connectivity index (χ0v) is 17.4. The molecular weight excluding hydrogens is 427 g/mol. The number of carbonyl (C=O) groups is 1. The van der Waals surface area contributed by atoms with Gasteiger partial charge in [-0.05, 0) is 61.0 Å². The van der Waals surface area contributed by atoms with Crippen LogP contribution in [0.3, 0.4) is 0 Å². The lowest BCUT2D eigenvalue weighted by Crippen LogP contribution is -2.14. The van der Waals surface area contributed by atoms with E-state index in [9.17, 15) is 9.18 Å². The smallest absolute Gasteiger partial charge is 0.234 e. The molecule has 0 atom stereocenters. The number of hydrogen-bond acceptors (Lipinski definition) is 5. The molecule has 4 aromatic rings. The van der Waals surface area contributed by atoms with Crippen molar-refractivity contribution in [2.45, 2.75) is 12.1 Å². The highest BCUT2D eigenvalue weighted by molar-refractivity contribution is 7.99. The summed E-state index contributed by atoms with van der Waals surface area (Å²) in [6.07, 6.45) is 1.55. The van der Waals surface area contributed by atoms with Gasteiger partial charge in [0, 0.05) is 16.4 Å². The van der Waals surface area contributed by atoms with Crippen molar-refractivity contribution in [3.63, 3.8) is 0 Å². The maximum atomic E-state index is 13.7. The Hall–Kier alpha value is -3.10. The minimum Gasteiger partial charge on any atom is -0.461 e. The van der Waals surface area contributed by atoms with E-state index in [0.717, 1.165) is 5.69 Å². The Morgan fingerprint density at radius 1 is 1.20 bits per heavy atom. The summed E-state index contributed by atoms with van der Waals surface area (Å²) in [5.41, 5.74) is 1.70. The van der Waals surface area contributed by atoms with E-state index < -0.39 is 0 Å². The van der Waals surface area contributed by atoms with E-state index in [4.69, 9.17) is 16.0 Å². The zero-order chi connectivity index (χ0) is 21.1. The lowest BCUT2D eigenvalue weighted by Gasteiger charge is -2.10. The van der Waals surface area contributed by atoms with Gasteiger partial charge in [0.05, 0.1) is 12.0 Å². The van der Waals surface area contributed by atoms with Gasteiger partial charge >= 0.3 is 0 Å². The van der Waals surface area contributed by atoms with Gasteiger partial charge in [-0.2, -0.15) is 0 Å². The summed E-state index contributed by atoms with van der Waals surface area (Å²) in [5.74, 6) is 0.466. The maximum Gasteiger partial charge on any atom is 0.234 e. The molecule has 2 aromatic carbocycles. The molecule has 1 N–H and O–H groups in total. The van der Waals surface area contributed by atoms with E-state index in [2.05, 4.69) is 15.5 Å². The van der Waals surface area contributed by atoms with E-state index in [1.54, 1.807) is 54.2 Å². The fourth-order valence-electron chi connectivity index (χ4n) is 2.75. The van der Waals surface area contributed by atoms with Gasteiger partial charge in [0.25, 0.3) is 0 Å². The summed E-state index contributed by atoms with van der Waals surface area (Å²) in [5, 5.41) is 12.2. The number of carbonyl (C=O) groups excluding carboxylic acids is 1. The molecule has 1 amide bonds. The quantitative estimate of drug-likeness (QED) is 0.407. The van der Waals surface area contributed by atoms with Crippen molar-refractivity contribution in [1.29, 1.82) is 0 Å². The molecule has 0 bridgehead atoms. The number of benzene rings is 2. The third kappa shape index (κ3) is 4.39. The number of rotatable bonds is 6. The third-order valence-corrected chi connectivity index (χ3v) is 5.43. The van der Waals surface area contributed by atoms with Crippen molar-refractivity contribution in [1.82, 2.24) is 14.8 Å². The standard InChI is InChI=1S/C21H16ClFN4O2S/c1-13-4-7-15(11-17(13)23)24-19(28)12-30-21-26-25-20(18-3-2-10-29-18)27(21)16-8-5-14(22)6-9-16/h2-11H,12H2,1H3,(H,24,28). The van der Waals surface area contributed by atoms with Crippen LogP contribution in [0.5, 0.6) is 0 Å². The van der Waals surface area contributed by atoms with Crippen molar-refractivity contribution in [3.05, 3.63) is 77.3 Å². The number of nitrogens with one attached hydrogen (secondary N) is 1. The average molecular weight is 443 g/mol. The van der Waals surface area contributed by atoms with Gasteiger partial charge in [-0.25, -0.2) is 4.39 Å². The fraction of sp³-hybridized carbons (Fsp3) is 0.0952. The number of nitrogens with zero attached hydrogens (tertiary/aromatic N) is 3. The molecule has 9 heteroatoms. The minimum atomic E-state index is -0.369. The minimum absolute atomic E-state index is 0.0688. The van der Waals surface area contributed by atoms with Crippen molar-refractivity contribution in [2.75, 3.05) is 11.1 Å². The molecular formula is C21H16ClFN4O2S. The zero-order valence-electron chi connectivity index (χ0n) is 15.8. The highest BCUT2D eigenvalue weighted by Gasteiger charge is 2.19. The Bertz CT molecular complexity index is 1180. The number of halogens is 2. The van der Waals surface area contributed by atoms with Crippen LogP contribution in [0.4, 0.5) is 10.1 Å². The Balaban J connectivity index is 1.55. The van der Waals surface area contributed by atoms with Gasteiger partial charge < -0.3 is 9.73 Å².